The molecular weight excluding hydrogens is 242 g/mol. The molecule has 0 unspecified atom stereocenters. The number of nitrogens with zero attached hydrogens (tertiary/aromatic N) is 1. The van der Waals surface area contributed by atoms with Gasteiger partial charge in [-0.1, -0.05) is 45.4 Å². The number of hydrogen-bond donors (Lipinski definition) is 0. The largest absolute Gasteiger partial charge is 0.253 e. The lowest BCUT2D eigenvalue weighted by molar-refractivity contribution is 0.637. The second kappa shape index (κ2) is 5.27. The molecule has 0 N–H and O–H groups in total. The first-order chi connectivity index (χ1) is 8.47. The first-order valence-electron chi connectivity index (χ1n) is 6.56. The van der Waals surface area contributed by atoms with E-state index in [4.69, 9.17) is 16.6 Å². The van der Waals surface area contributed by atoms with E-state index < -0.39 is 0 Å². The molecule has 2 rings (SSSR count). The maximum absolute atomic E-state index is 6.38. The Bertz CT molecular complexity index is 558. The number of benzene rings is 1. The van der Waals surface area contributed by atoms with E-state index in [-0.39, 0.29) is 0 Å². The Kier molecular flexibility index (Phi) is 3.91. The van der Waals surface area contributed by atoms with Crippen molar-refractivity contribution in [3.63, 3.8) is 0 Å². The third kappa shape index (κ3) is 2.84. The van der Waals surface area contributed by atoms with Gasteiger partial charge in [-0.25, -0.2) is 0 Å². The number of aromatic nitrogens is 1. The van der Waals surface area contributed by atoms with Crippen LogP contribution in [0.15, 0.2) is 24.3 Å². The summed E-state index contributed by atoms with van der Waals surface area (Å²) in [6.07, 6.45) is 0.974. The van der Waals surface area contributed by atoms with Crippen molar-refractivity contribution in [3.8, 4) is 0 Å². The van der Waals surface area contributed by atoms with Gasteiger partial charge in [-0.05, 0) is 42.0 Å². The molecule has 0 spiro atoms. The van der Waals surface area contributed by atoms with E-state index in [0.717, 1.165) is 28.0 Å². The van der Waals surface area contributed by atoms with Crippen LogP contribution in [0.4, 0.5) is 0 Å². The molecule has 0 radical (unpaired) electrons. The van der Waals surface area contributed by atoms with Crippen molar-refractivity contribution < 1.29 is 0 Å². The Morgan fingerprint density at radius 1 is 1.11 bits per heavy atom. The van der Waals surface area contributed by atoms with Crippen molar-refractivity contribution in [2.75, 3.05) is 0 Å². The third-order valence-electron chi connectivity index (χ3n) is 3.12. The summed E-state index contributed by atoms with van der Waals surface area (Å²) >= 11 is 6.38. The zero-order chi connectivity index (χ0) is 13.3. The molecule has 18 heavy (non-hydrogen) atoms. The zero-order valence-corrected chi connectivity index (χ0v) is 12.3. The summed E-state index contributed by atoms with van der Waals surface area (Å²) < 4.78 is 0. The molecule has 0 aliphatic carbocycles. The summed E-state index contributed by atoms with van der Waals surface area (Å²) in [7, 11) is 0. The summed E-state index contributed by atoms with van der Waals surface area (Å²) in [6.45, 7) is 8.77. The predicted octanol–water partition coefficient (Wildman–Crippen LogP) is 5.21. The van der Waals surface area contributed by atoms with Crippen molar-refractivity contribution >= 4 is 22.5 Å². The molecule has 1 aromatic heterocycles. The van der Waals surface area contributed by atoms with Gasteiger partial charge in [0.25, 0.3) is 0 Å². The van der Waals surface area contributed by atoms with Crippen LogP contribution in [0.3, 0.4) is 0 Å². The first kappa shape index (κ1) is 13.4. The molecule has 0 aliphatic heterocycles. The summed E-state index contributed by atoms with van der Waals surface area (Å²) in [4.78, 5) is 4.69. The zero-order valence-electron chi connectivity index (χ0n) is 11.5. The molecule has 0 bridgehead atoms. The van der Waals surface area contributed by atoms with E-state index in [0.29, 0.717) is 11.8 Å². The number of hydrogen-bond acceptors (Lipinski definition) is 1. The van der Waals surface area contributed by atoms with Gasteiger partial charge in [0.05, 0.1) is 10.5 Å². The summed E-state index contributed by atoms with van der Waals surface area (Å²) in [5.41, 5.74) is 3.39. The average molecular weight is 262 g/mol. The molecule has 0 fully saturated rings. The first-order valence-corrected chi connectivity index (χ1v) is 6.94. The molecule has 2 aromatic rings. The van der Waals surface area contributed by atoms with Crippen molar-refractivity contribution in [2.24, 2.45) is 5.92 Å². The lowest BCUT2D eigenvalue weighted by Crippen LogP contribution is -1.98. The van der Waals surface area contributed by atoms with E-state index >= 15 is 0 Å². The second-order valence-corrected chi connectivity index (χ2v) is 6.03. The maximum atomic E-state index is 6.38. The van der Waals surface area contributed by atoms with Crippen LogP contribution >= 0.6 is 11.6 Å². The highest BCUT2D eigenvalue weighted by Crippen LogP contribution is 2.27. The number of fused-ring (bicyclic) bond motifs is 1. The normalized spacial score (nSPS) is 11.7. The minimum absolute atomic E-state index is 0.515. The van der Waals surface area contributed by atoms with Gasteiger partial charge in [0.2, 0.25) is 0 Å². The minimum atomic E-state index is 0.515. The SMILES string of the molecule is CC(C)Cc1cc(Cl)c2cc(C(C)C)ccc2n1. The number of pyridine rings is 1. The lowest BCUT2D eigenvalue weighted by Gasteiger charge is -2.10. The highest BCUT2D eigenvalue weighted by atomic mass is 35.5. The van der Waals surface area contributed by atoms with Crippen LogP contribution in [0.1, 0.15) is 44.9 Å². The average Bonchev–Trinajstić information content (AvgIpc) is 2.27. The van der Waals surface area contributed by atoms with Gasteiger partial charge in [0, 0.05) is 11.1 Å². The van der Waals surface area contributed by atoms with E-state index in [9.17, 15) is 0 Å². The Morgan fingerprint density at radius 3 is 2.44 bits per heavy atom. The quantitative estimate of drug-likeness (QED) is 0.739. The van der Waals surface area contributed by atoms with Crippen LogP contribution in [0, 0.1) is 5.92 Å². The Labute approximate surface area is 114 Å². The lowest BCUT2D eigenvalue weighted by atomic mass is 10.0. The van der Waals surface area contributed by atoms with Crippen molar-refractivity contribution in [1.82, 2.24) is 4.98 Å². The Hall–Kier alpha value is -1.08. The molecule has 0 aliphatic rings. The minimum Gasteiger partial charge on any atom is -0.253 e. The highest BCUT2D eigenvalue weighted by Gasteiger charge is 2.08. The Morgan fingerprint density at radius 2 is 1.83 bits per heavy atom. The van der Waals surface area contributed by atoms with Crippen LogP contribution in [-0.2, 0) is 6.42 Å². The van der Waals surface area contributed by atoms with Gasteiger partial charge in [0.1, 0.15) is 0 Å². The monoisotopic (exact) mass is 261 g/mol. The van der Waals surface area contributed by atoms with E-state index in [2.05, 4.69) is 45.9 Å². The molecule has 0 saturated heterocycles. The van der Waals surface area contributed by atoms with Crippen LogP contribution < -0.4 is 0 Å². The smallest absolute Gasteiger partial charge is 0.0720 e. The fourth-order valence-electron chi connectivity index (χ4n) is 2.14. The number of rotatable bonds is 3. The summed E-state index contributed by atoms with van der Waals surface area (Å²) in [5, 5.41) is 1.88. The van der Waals surface area contributed by atoms with E-state index in [1.54, 1.807) is 0 Å². The van der Waals surface area contributed by atoms with E-state index in [1.807, 2.05) is 6.07 Å². The highest BCUT2D eigenvalue weighted by molar-refractivity contribution is 6.35. The summed E-state index contributed by atoms with van der Waals surface area (Å²) in [6, 6.07) is 8.40. The predicted molar refractivity (Wildman–Crippen MR) is 79.4 cm³/mol. The fraction of sp³-hybridized carbons (Fsp3) is 0.438. The van der Waals surface area contributed by atoms with Gasteiger partial charge in [-0.3, -0.25) is 4.98 Å². The van der Waals surface area contributed by atoms with Crippen molar-refractivity contribution in [3.05, 3.63) is 40.5 Å². The molecular formula is C16H20ClN. The molecule has 2 heteroatoms. The molecule has 1 heterocycles. The molecule has 0 amide bonds. The van der Waals surface area contributed by atoms with Crippen LogP contribution in [0.25, 0.3) is 10.9 Å². The Balaban J connectivity index is 2.51. The maximum Gasteiger partial charge on any atom is 0.0720 e. The second-order valence-electron chi connectivity index (χ2n) is 5.62. The van der Waals surface area contributed by atoms with Gasteiger partial charge in [-0.2, -0.15) is 0 Å². The van der Waals surface area contributed by atoms with Crippen LogP contribution in [-0.4, -0.2) is 4.98 Å². The van der Waals surface area contributed by atoms with Crippen molar-refractivity contribution in [2.45, 2.75) is 40.0 Å². The van der Waals surface area contributed by atoms with Gasteiger partial charge in [0.15, 0.2) is 0 Å². The third-order valence-corrected chi connectivity index (χ3v) is 3.43. The molecule has 1 nitrogen and oxygen atoms in total. The van der Waals surface area contributed by atoms with Crippen molar-refractivity contribution in [1.29, 1.82) is 0 Å². The number of halogens is 1. The molecule has 0 saturated carbocycles. The molecule has 1 aromatic carbocycles. The topological polar surface area (TPSA) is 12.9 Å². The molecule has 96 valence electrons. The van der Waals surface area contributed by atoms with Gasteiger partial charge >= 0.3 is 0 Å². The van der Waals surface area contributed by atoms with Gasteiger partial charge < -0.3 is 0 Å². The van der Waals surface area contributed by atoms with Crippen LogP contribution in [0.5, 0.6) is 0 Å². The van der Waals surface area contributed by atoms with Gasteiger partial charge in [-0.15, -0.1) is 0 Å². The van der Waals surface area contributed by atoms with E-state index in [1.165, 1.54) is 5.56 Å². The standard InChI is InChI=1S/C16H20ClN/c1-10(2)7-13-9-15(17)14-8-12(11(3)4)5-6-16(14)18-13/h5-6,8-11H,7H2,1-4H3. The summed E-state index contributed by atoms with van der Waals surface area (Å²) in [5.74, 6) is 1.11. The van der Waals surface area contributed by atoms with Crippen LogP contribution in [0.2, 0.25) is 5.02 Å². The fourth-order valence-corrected chi connectivity index (χ4v) is 2.41. The molecule has 0 atom stereocenters.